The van der Waals surface area contributed by atoms with Crippen LogP contribution < -0.4 is 10.5 Å². The predicted molar refractivity (Wildman–Crippen MR) is 68.0 cm³/mol. The van der Waals surface area contributed by atoms with E-state index in [1.807, 2.05) is 19.0 Å². The van der Waals surface area contributed by atoms with Gasteiger partial charge in [0.15, 0.2) is 0 Å². The Balaban J connectivity index is 2.70. The lowest BCUT2D eigenvalue weighted by Gasteiger charge is -2.14. The van der Waals surface area contributed by atoms with E-state index in [0.717, 1.165) is 19.0 Å². The molecular formula is C13H19F3N2O. The molecule has 0 saturated heterocycles. The van der Waals surface area contributed by atoms with Crippen LogP contribution in [0.3, 0.4) is 0 Å². The molecule has 0 aliphatic carbocycles. The van der Waals surface area contributed by atoms with Gasteiger partial charge in [0.2, 0.25) is 0 Å². The third-order valence-electron chi connectivity index (χ3n) is 2.63. The van der Waals surface area contributed by atoms with Gasteiger partial charge >= 0.3 is 6.18 Å². The van der Waals surface area contributed by atoms with Crippen molar-refractivity contribution in [1.29, 1.82) is 0 Å². The van der Waals surface area contributed by atoms with Crippen molar-refractivity contribution in [2.75, 3.05) is 27.2 Å². The summed E-state index contributed by atoms with van der Waals surface area (Å²) in [5.41, 5.74) is 4.66. The monoisotopic (exact) mass is 276 g/mol. The molecule has 0 fully saturated rings. The van der Waals surface area contributed by atoms with E-state index in [9.17, 15) is 13.2 Å². The lowest BCUT2D eigenvalue weighted by Crippen LogP contribution is -2.16. The van der Waals surface area contributed by atoms with Crippen LogP contribution in [0, 0.1) is 0 Å². The molecule has 0 saturated carbocycles. The summed E-state index contributed by atoms with van der Waals surface area (Å²) in [6, 6.07) is 3.90. The zero-order valence-electron chi connectivity index (χ0n) is 11.1. The van der Waals surface area contributed by atoms with Gasteiger partial charge in [-0.05, 0) is 38.2 Å². The van der Waals surface area contributed by atoms with Crippen LogP contribution in [0.1, 0.15) is 17.5 Å². The van der Waals surface area contributed by atoms with Gasteiger partial charge in [-0.1, -0.05) is 6.07 Å². The summed E-state index contributed by atoms with van der Waals surface area (Å²) >= 11 is 0. The summed E-state index contributed by atoms with van der Waals surface area (Å²) in [5, 5.41) is 0. The highest BCUT2D eigenvalue weighted by Gasteiger charge is 2.33. The van der Waals surface area contributed by atoms with Gasteiger partial charge < -0.3 is 15.4 Å². The zero-order valence-corrected chi connectivity index (χ0v) is 11.1. The van der Waals surface area contributed by atoms with E-state index >= 15 is 0 Å². The van der Waals surface area contributed by atoms with Crippen LogP contribution in [0.25, 0.3) is 0 Å². The van der Waals surface area contributed by atoms with Crippen molar-refractivity contribution in [2.45, 2.75) is 19.1 Å². The van der Waals surface area contributed by atoms with Gasteiger partial charge in [-0.3, -0.25) is 0 Å². The molecule has 1 aromatic carbocycles. The maximum atomic E-state index is 12.8. The number of benzene rings is 1. The standard InChI is InChI=1S/C13H19F3N2O/c1-18(2)6-3-7-19-11-5-4-10(9-17)12(8-11)13(14,15)16/h4-5,8H,3,6-7,9,17H2,1-2H3. The maximum absolute atomic E-state index is 12.8. The minimum absolute atomic E-state index is 0.0770. The first-order chi connectivity index (χ1) is 8.84. The average Bonchev–Trinajstić information content (AvgIpc) is 2.33. The molecule has 0 aliphatic rings. The third kappa shape index (κ3) is 5.08. The minimum atomic E-state index is -4.41. The van der Waals surface area contributed by atoms with Crippen molar-refractivity contribution in [3.63, 3.8) is 0 Å². The van der Waals surface area contributed by atoms with Crippen LogP contribution in [-0.2, 0) is 12.7 Å². The second-order valence-electron chi connectivity index (χ2n) is 4.53. The molecule has 108 valence electrons. The average molecular weight is 276 g/mol. The van der Waals surface area contributed by atoms with Gasteiger partial charge in [-0.25, -0.2) is 0 Å². The molecule has 0 unspecified atom stereocenters. The van der Waals surface area contributed by atoms with Crippen molar-refractivity contribution in [3.8, 4) is 5.75 Å². The molecule has 19 heavy (non-hydrogen) atoms. The topological polar surface area (TPSA) is 38.5 Å². The van der Waals surface area contributed by atoms with Gasteiger partial charge in [0, 0.05) is 13.1 Å². The zero-order chi connectivity index (χ0) is 14.5. The Hall–Kier alpha value is -1.27. The molecule has 2 N–H and O–H groups in total. The van der Waals surface area contributed by atoms with E-state index in [1.54, 1.807) is 0 Å². The second kappa shape index (κ2) is 6.77. The van der Waals surface area contributed by atoms with E-state index in [2.05, 4.69) is 0 Å². The van der Waals surface area contributed by atoms with Crippen LogP contribution in [0.4, 0.5) is 13.2 Å². The fourth-order valence-electron chi connectivity index (χ4n) is 1.66. The third-order valence-corrected chi connectivity index (χ3v) is 2.63. The molecule has 0 atom stereocenters. The van der Waals surface area contributed by atoms with Gasteiger partial charge in [-0.15, -0.1) is 0 Å². The van der Waals surface area contributed by atoms with E-state index in [1.165, 1.54) is 12.1 Å². The Bertz CT molecular complexity index is 405. The van der Waals surface area contributed by atoms with E-state index in [-0.39, 0.29) is 17.9 Å². The molecule has 0 radical (unpaired) electrons. The lowest BCUT2D eigenvalue weighted by atomic mass is 10.1. The van der Waals surface area contributed by atoms with Gasteiger partial charge in [0.05, 0.1) is 12.2 Å². The number of halogens is 3. The highest BCUT2D eigenvalue weighted by atomic mass is 19.4. The molecule has 0 amide bonds. The smallest absolute Gasteiger partial charge is 0.416 e. The minimum Gasteiger partial charge on any atom is -0.494 e. The van der Waals surface area contributed by atoms with Crippen LogP contribution in [0.15, 0.2) is 18.2 Å². The molecular weight excluding hydrogens is 257 g/mol. The normalized spacial score (nSPS) is 11.9. The summed E-state index contributed by atoms with van der Waals surface area (Å²) < 4.78 is 43.7. The van der Waals surface area contributed by atoms with Crippen LogP contribution in [0.2, 0.25) is 0 Å². The summed E-state index contributed by atoms with van der Waals surface area (Å²) in [5.74, 6) is 0.225. The largest absolute Gasteiger partial charge is 0.494 e. The number of hydrogen-bond acceptors (Lipinski definition) is 3. The number of nitrogens with zero attached hydrogens (tertiary/aromatic N) is 1. The van der Waals surface area contributed by atoms with Crippen molar-refractivity contribution < 1.29 is 17.9 Å². The van der Waals surface area contributed by atoms with Crippen LogP contribution in [0.5, 0.6) is 5.75 Å². The fraction of sp³-hybridized carbons (Fsp3) is 0.538. The van der Waals surface area contributed by atoms with Gasteiger partial charge in [0.1, 0.15) is 5.75 Å². The second-order valence-corrected chi connectivity index (χ2v) is 4.53. The molecule has 3 nitrogen and oxygen atoms in total. The lowest BCUT2D eigenvalue weighted by molar-refractivity contribution is -0.138. The molecule has 0 heterocycles. The number of alkyl halides is 3. The van der Waals surface area contributed by atoms with Crippen molar-refractivity contribution in [2.24, 2.45) is 5.73 Å². The van der Waals surface area contributed by atoms with Gasteiger partial charge in [0.25, 0.3) is 0 Å². The predicted octanol–water partition coefficient (Wildman–Crippen LogP) is 2.49. The Morgan fingerprint density at radius 1 is 1.26 bits per heavy atom. The molecule has 0 aliphatic heterocycles. The summed E-state index contributed by atoms with van der Waals surface area (Å²) in [7, 11) is 3.86. The number of rotatable bonds is 6. The van der Waals surface area contributed by atoms with Crippen LogP contribution >= 0.6 is 0 Å². The highest BCUT2D eigenvalue weighted by molar-refractivity contribution is 5.37. The molecule has 6 heteroatoms. The Morgan fingerprint density at radius 2 is 1.95 bits per heavy atom. The quantitative estimate of drug-likeness (QED) is 0.811. The number of ether oxygens (including phenoxy) is 1. The van der Waals surface area contributed by atoms with Crippen molar-refractivity contribution in [3.05, 3.63) is 29.3 Å². The van der Waals surface area contributed by atoms with E-state index in [0.29, 0.717) is 6.61 Å². The first kappa shape index (κ1) is 15.8. The van der Waals surface area contributed by atoms with Crippen molar-refractivity contribution >= 4 is 0 Å². The molecule has 0 bridgehead atoms. The first-order valence-corrected chi connectivity index (χ1v) is 6.02. The summed E-state index contributed by atoms with van der Waals surface area (Å²) in [6.45, 7) is 1.07. The molecule has 0 spiro atoms. The Labute approximate surface area is 111 Å². The Kier molecular flexibility index (Phi) is 5.62. The number of hydrogen-bond donors (Lipinski definition) is 1. The van der Waals surface area contributed by atoms with Crippen LogP contribution in [-0.4, -0.2) is 32.1 Å². The fourth-order valence-corrected chi connectivity index (χ4v) is 1.66. The maximum Gasteiger partial charge on any atom is 0.416 e. The Morgan fingerprint density at radius 3 is 2.47 bits per heavy atom. The summed E-state index contributed by atoms with van der Waals surface area (Å²) in [6.07, 6.45) is -3.65. The van der Waals surface area contributed by atoms with E-state index < -0.39 is 11.7 Å². The highest BCUT2D eigenvalue weighted by Crippen LogP contribution is 2.34. The van der Waals surface area contributed by atoms with Crippen molar-refractivity contribution in [1.82, 2.24) is 4.90 Å². The molecule has 1 aromatic rings. The molecule has 0 aromatic heterocycles. The molecule has 1 rings (SSSR count). The first-order valence-electron chi connectivity index (χ1n) is 6.02. The van der Waals surface area contributed by atoms with Gasteiger partial charge in [-0.2, -0.15) is 13.2 Å². The SMILES string of the molecule is CN(C)CCCOc1ccc(CN)c(C(F)(F)F)c1. The number of nitrogens with two attached hydrogens (primary N) is 1. The summed E-state index contributed by atoms with van der Waals surface area (Å²) in [4.78, 5) is 1.99. The van der Waals surface area contributed by atoms with E-state index in [4.69, 9.17) is 10.5 Å².